The third kappa shape index (κ3) is 3.94. The molecule has 6 nitrogen and oxygen atoms in total. The van der Waals surface area contributed by atoms with E-state index in [-0.39, 0.29) is 17.9 Å². The second-order valence-corrected chi connectivity index (χ2v) is 7.49. The number of amides is 1. The number of rotatable bonds is 6. The fourth-order valence-corrected chi connectivity index (χ4v) is 3.21. The van der Waals surface area contributed by atoms with E-state index in [1.807, 2.05) is 32.9 Å². The average molecular weight is 360 g/mol. The maximum absolute atomic E-state index is 12.7. The summed E-state index contributed by atoms with van der Waals surface area (Å²) in [5.74, 6) is 1.41. The number of hydrogen-bond donors (Lipinski definition) is 2. The number of carbonyl (C=O) groups is 1. The Labute approximate surface area is 156 Å². The molecule has 0 saturated heterocycles. The zero-order valence-corrected chi connectivity index (χ0v) is 16.6. The molecule has 6 heteroatoms. The van der Waals surface area contributed by atoms with Crippen LogP contribution in [0.2, 0.25) is 0 Å². The van der Waals surface area contributed by atoms with Crippen LogP contribution in [-0.4, -0.2) is 38.3 Å². The predicted octanol–water partition coefficient (Wildman–Crippen LogP) is 1.09. The number of methoxy groups -OCH3 is 2. The first kappa shape index (κ1) is 20.1. The number of ether oxygens (including phenoxy) is 2. The molecular weight excluding hydrogens is 330 g/mol. The van der Waals surface area contributed by atoms with Crippen LogP contribution < -0.4 is 19.7 Å². The van der Waals surface area contributed by atoms with Crippen molar-refractivity contribution in [3.05, 3.63) is 23.3 Å². The second-order valence-electron chi connectivity index (χ2n) is 7.49. The Kier molecular flexibility index (Phi) is 6.14. The number of nitrogens with one attached hydrogen (secondary N) is 2. The molecule has 1 aromatic rings. The molecule has 26 heavy (non-hydrogen) atoms. The summed E-state index contributed by atoms with van der Waals surface area (Å²) in [6.07, 6.45) is 0.877. The number of quaternary nitrogens is 1. The molecule has 0 aromatic heterocycles. The minimum atomic E-state index is -0.852. The lowest BCUT2D eigenvalue weighted by molar-refractivity contribution is -0.929. The molecule has 0 saturated carbocycles. The number of nitriles is 1. The lowest BCUT2D eigenvalue weighted by atomic mass is 9.89. The van der Waals surface area contributed by atoms with Gasteiger partial charge in [-0.15, -0.1) is 0 Å². The van der Waals surface area contributed by atoms with Gasteiger partial charge in [0.05, 0.1) is 26.8 Å². The van der Waals surface area contributed by atoms with Gasteiger partial charge in [-0.05, 0) is 37.5 Å². The van der Waals surface area contributed by atoms with E-state index in [0.717, 1.165) is 25.3 Å². The van der Waals surface area contributed by atoms with Crippen LogP contribution in [0.25, 0.3) is 0 Å². The van der Waals surface area contributed by atoms with E-state index in [1.165, 1.54) is 16.0 Å². The van der Waals surface area contributed by atoms with E-state index in [1.54, 1.807) is 21.1 Å². The summed E-state index contributed by atoms with van der Waals surface area (Å²) in [6.45, 7) is 9.20. The van der Waals surface area contributed by atoms with Gasteiger partial charge in [0.2, 0.25) is 0 Å². The van der Waals surface area contributed by atoms with Crippen molar-refractivity contribution in [3.8, 4) is 17.6 Å². The minimum absolute atomic E-state index is 0.0393. The molecule has 0 aliphatic carbocycles. The molecule has 0 radical (unpaired) electrons. The number of fused-ring (bicyclic) bond motifs is 1. The van der Waals surface area contributed by atoms with Gasteiger partial charge >= 0.3 is 0 Å². The fourth-order valence-electron chi connectivity index (χ4n) is 3.21. The largest absolute Gasteiger partial charge is 0.493 e. The van der Waals surface area contributed by atoms with Crippen LogP contribution in [-0.2, 0) is 17.8 Å². The van der Waals surface area contributed by atoms with Crippen molar-refractivity contribution >= 4 is 5.91 Å². The normalized spacial score (nSPS) is 19.7. The topological polar surface area (TPSA) is 75.8 Å². The van der Waals surface area contributed by atoms with Crippen molar-refractivity contribution in [1.82, 2.24) is 5.32 Å². The quantitative estimate of drug-likeness (QED) is 0.796. The molecule has 0 fully saturated rings. The van der Waals surface area contributed by atoms with Crippen LogP contribution in [0.4, 0.5) is 0 Å². The van der Waals surface area contributed by atoms with Crippen LogP contribution in [0.15, 0.2) is 12.1 Å². The standard InChI is InChI=1S/C20H29N3O3/c1-13(2)20(4,12-21)22-19(24)14(3)23-8-7-15-9-17(25-5)18(26-6)10-16(15)11-23/h9-10,13-14H,7-8,11H2,1-6H3,(H,22,24)/p+1/t14-,20+/m1/s1. The van der Waals surface area contributed by atoms with Gasteiger partial charge in [-0.2, -0.15) is 5.26 Å². The van der Waals surface area contributed by atoms with Gasteiger partial charge in [-0.1, -0.05) is 13.8 Å². The zero-order chi connectivity index (χ0) is 19.5. The van der Waals surface area contributed by atoms with Gasteiger partial charge in [0, 0.05) is 12.0 Å². The summed E-state index contributed by atoms with van der Waals surface area (Å²) < 4.78 is 10.8. The first-order valence-corrected chi connectivity index (χ1v) is 9.07. The Morgan fingerprint density at radius 2 is 1.81 bits per heavy atom. The average Bonchev–Trinajstić information content (AvgIpc) is 2.65. The maximum Gasteiger partial charge on any atom is 0.279 e. The van der Waals surface area contributed by atoms with Crippen molar-refractivity contribution in [2.45, 2.75) is 52.2 Å². The molecule has 2 N–H and O–H groups in total. The molecule has 0 spiro atoms. The van der Waals surface area contributed by atoms with Gasteiger partial charge in [-0.3, -0.25) is 4.79 Å². The highest BCUT2D eigenvalue weighted by molar-refractivity contribution is 5.81. The highest BCUT2D eigenvalue weighted by atomic mass is 16.5. The number of carbonyl (C=O) groups excluding carboxylic acids is 1. The predicted molar refractivity (Wildman–Crippen MR) is 99.2 cm³/mol. The van der Waals surface area contributed by atoms with Crippen molar-refractivity contribution in [2.24, 2.45) is 5.92 Å². The van der Waals surface area contributed by atoms with E-state index >= 15 is 0 Å². The first-order chi connectivity index (χ1) is 12.3. The van der Waals surface area contributed by atoms with Gasteiger partial charge in [0.25, 0.3) is 5.91 Å². The number of hydrogen-bond acceptors (Lipinski definition) is 4. The van der Waals surface area contributed by atoms with Crippen molar-refractivity contribution in [1.29, 1.82) is 5.26 Å². The van der Waals surface area contributed by atoms with Crippen molar-refractivity contribution < 1.29 is 19.2 Å². The lowest BCUT2D eigenvalue weighted by Gasteiger charge is -2.33. The van der Waals surface area contributed by atoms with E-state index in [0.29, 0.717) is 5.75 Å². The summed E-state index contributed by atoms with van der Waals surface area (Å²) in [6, 6.07) is 6.04. The maximum atomic E-state index is 12.7. The second kappa shape index (κ2) is 7.96. The van der Waals surface area contributed by atoms with Crippen LogP contribution in [0, 0.1) is 17.2 Å². The molecule has 3 atom stereocenters. The Hall–Kier alpha value is -2.26. The SMILES string of the molecule is COc1cc2c(cc1OC)C[NH+]([C@H](C)C(=O)N[C@@](C)(C#N)C(C)C)CC2. The van der Waals surface area contributed by atoms with Crippen LogP contribution in [0.5, 0.6) is 11.5 Å². The first-order valence-electron chi connectivity index (χ1n) is 9.07. The molecule has 0 bridgehead atoms. The molecule has 142 valence electrons. The van der Waals surface area contributed by atoms with E-state index in [2.05, 4.69) is 11.4 Å². The Balaban J connectivity index is 2.15. The molecule has 1 amide bonds. The number of nitrogens with zero attached hydrogens (tertiary/aromatic N) is 1. The van der Waals surface area contributed by atoms with Gasteiger partial charge in [0.1, 0.15) is 12.1 Å². The Morgan fingerprint density at radius 3 is 2.31 bits per heavy atom. The third-order valence-corrected chi connectivity index (χ3v) is 5.61. The van der Waals surface area contributed by atoms with E-state index in [9.17, 15) is 10.1 Å². The summed E-state index contributed by atoms with van der Waals surface area (Å²) in [5.41, 5.74) is 1.56. The van der Waals surface area contributed by atoms with Crippen molar-refractivity contribution in [3.63, 3.8) is 0 Å². The molecule has 1 unspecified atom stereocenters. The van der Waals surface area contributed by atoms with Crippen LogP contribution in [0.1, 0.15) is 38.8 Å². The lowest BCUT2D eigenvalue weighted by Crippen LogP contribution is -3.16. The smallest absolute Gasteiger partial charge is 0.279 e. The van der Waals surface area contributed by atoms with Gasteiger partial charge in [-0.25, -0.2) is 0 Å². The van der Waals surface area contributed by atoms with Gasteiger partial charge < -0.3 is 19.7 Å². The van der Waals surface area contributed by atoms with Crippen LogP contribution >= 0.6 is 0 Å². The third-order valence-electron chi connectivity index (χ3n) is 5.61. The molecule has 1 aliphatic heterocycles. The Morgan fingerprint density at radius 1 is 1.23 bits per heavy atom. The highest BCUT2D eigenvalue weighted by Gasteiger charge is 2.36. The summed E-state index contributed by atoms with van der Waals surface area (Å²) in [7, 11) is 3.26. The molecule has 2 rings (SSSR count). The van der Waals surface area contributed by atoms with Crippen LogP contribution in [0.3, 0.4) is 0 Å². The molecule has 1 aromatic carbocycles. The van der Waals surface area contributed by atoms with E-state index < -0.39 is 5.54 Å². The van der Waals surface area contributed by atoms with Gasteiger partial charge in [0.15, 0.2) is 17.5 Å². The fraction of sp³-hybridized carbons (Fsp3) is 0.600. The molecule has 1 aliphatic rings. The Bertz CT molecular complexity index is 711. The highest BCUT2D eigenvalue weighted by Crippen LogP contribution is 2.31. The molecule has 1 heterocycles. The summed E-state index contributed by atoms with van der Waals surface area (Å²) in [4.78, 5) is 13.9. The zero-order valence-electron chi connectivity index (χ0n) is 16.6. The monoisotopic (exact) mass is 360 g/mol. The molecular formula is C20H30N3O3+. The number of benzene rings is 1. The van der Waals surface area contributed by atoms with Crippen molar-refractivity contribution in [2.75, 3.05) is 20.8 Å². The van der Waals surface area contributed by atoms with E-state index in [4.69, 9.17) is 9.47 Å². The summed E-state index contributed by atoms with van der Waals surface area (Å²) in [5, 5.41) is 12.4. The minimum Gasteiger partial charge on any atom is -0.493 e. The summed E-state index contributed by atoms with van der Waals surface area (Å²) >= 11 is 0.